The zero-order chi connectivity index (χ0) is 25.0. The molecule has 4 rings (SSSR count). The van der Waals surface area contributed by atoms with Gasteiger partial charge in [0, 0.05) is 11.8 Å². The van der Waals surface area contributed by atoms with Gasteiger partial charge >= 0.3 is 11.9 Å². The van der Waals surface area contributed by atoms with Gasteiger partial charge in [-0.15, -0.1) is 0 Å². The molecule has 35 heavy (non-hydrogen) atoms. The summed E-state index contributed by atoms with van der Waals surface area (Å²) in [5.41, 5.74) is 2.43. The maximum absolute atomic E-state index is 12.2. The first-order valence-corrected chi connectivity index (χ1v) is 11.1. The van der Waals surface area contributed by atoms with E-state index in [-0.39, 0.29) is 32.4 Å². The number of carboxylic acids is 2. The third-order valence-corrected chi connectivity index (χ3v) is 6.67. The van der Waals surface area contributed by atoms with Crippen molar-refractivity contribution in [2.24, 2.45) is 5.92 Å². The van der Waals surface area contributed by atoms with Crippen LogP contribution < -0.4 is 0 Å². The molecule has 0 radical (unpaired) electrons. The monoisotopic (exact) mass is 476 g/mol. The average molecular weight is 476 g/mol. The van der Waals surface area contributed by atoms with Crippen LogP contribution in [-0.2, 0) is 34.1 Å². The maximum Gasteiger partial charge on any atom is 0.307 e. The molecule has 8 heteroatoms. The second kappa shape index (κ2) is 9.97. The van der Waals surface area contributed by atoms with Crippen LogP contribution in [0.2, 0.25) is 0 Å². The first-order chi connectivity index (χ1) is 16.9. The minimum atomic E-state index is -1.23. The van der Waals surface area contributed by atoms with Crippen LogP contribution in [0.5, 0.6) is 0 Å². The predicted octanol–water partition coefficient (Wildman–Crippen LogP) is 3.78. The highest BCUT2D eigenvalue weighted by molar-refractivity contribution is 5.94. The fraction of sp³-hybridized carbons (Fsp3) is 0.259. The summed E-state index contributed by atoms with van der Waals surface area (Å²) in [6.45, 7) is 0.300. The van der Waals surface area contributed by atoms with Crippen LogP contribution in [0.15, 0.2) is 60.7 Å². The van der Waals surface area contributed by atoms with E-state index in [2.05, 4.69) is 0 Å². The van der Waals surface area contributed by atoms with Crippen molar-refractivity contribution in [3.63, 3.8) is 0 Å². The molecule has 0 fully saturated rings. The number of hydrogen-bond donors (Lipinski definition) is 2. The second-order valence-corrected chi connectivity index (χ2v) is 8.70. The van der Waals surface area contributed by atoms with Gasteiger partial charge in [-0.2, -0.15) is 0 Å². The van der Waals surface area contributed by atoms with E-state index in [1.54, 1.807) is 0 Å². The highest BCUT2D eigenvalue weighted by atomic mass is 16.6. The zero-order valence-electron chi connectivity index (χ0n) is 18.8. The normalized spacial score (nSPS) is 17.6. The van der Waals surface area contributed by atoms with Crippen LogP contribution in [0, 0.1) is 5.92 Å². The van der Waals surface area contributed by atoms with Crippen LogP contribution in [0.4, 0.5) is 0 Å². The molecule has 0 spiro atoms. The molecule has 1 aliphatic rings. The third kappa shape index (κ3) is 4.59. The molecule has 3 aromatic rings. The Morgan fingerprint density at radius 3 is 2.20 bits per heavy atom. The van der Waals surface area contributed by atoms with Crippen molar-refractivity contribution in [2.45, 2.75) is 30.8 Å². The van der Waals surface area contributed by atoms with Gasteiger partial charge in [0.25, 0.3) is 12.9 Å². The molecule has 2 N–H and O–H groups in total. The summed E-state index contributed by atoms with van der Waals surface area (Å²) in [6.07, 6.45) is -1.38. The highest BCUT2D eigenvalue weighted by Crippen LogP contribution is 2.55. The largest absolute Gasteiger partial charge is 0.481 e. The molecule has 0 bridgehead atoms. The van der Waals surface area contributed by atoms with Gasteiger partial charge in [0.15, 0.2) is 0 Å². The van der Waals surface area contributed by atoms with E-state index in [4.69, 9.17) is 9.47 Å². The predicted molar refractivity (Wildman–Crippen MR) is 126 cm³/mol. The van der Waals surface area contributed by atoms with Crippen LogP contribution in [0.25, 0.3) is 21.9 Å². The van der Waals surface area contributed by atoms with Crippen LogP contribution in [0.3, 0.4) is 0 Å². The summed E-state index contributed by atoms with van der Waals surface area (Å²) in [4.78, 5) is 45.8. The maximum atomic E-state index is 12.2. The first kappa shape index (κ1) is 23.9. The molecule has 1 aliphatic carbocycles. The molecule has 3 atom stereocenters. The molecule has 0 saturated carbocycles. The fourth-order valence-corrected chi connectivity index (χ4v) is 5.30. The Morgan fingerprint density at radius 2 is 1.54 bits per heavy atom. The molecule has 0 heterocycles. The summed E-state index contributed by atoms with van der Waals surface area (Å²) in [6, 6.07) is 19.3. The lowest BCUT2D eigenvalue weighted by Crippen LogP contribution is -2.37. The van der Waals surface area contributed by atoms with Gasteiger partial charge in [-0.1, -0.05) is 48.5 Å². The number of carboxylic acid groups (broad SMARTS) is 2. The van der Waals surface area contributed by atoms with Crippen molar-refractivity contribution in [1.29, 1.82) is 0 Å². The topological polar surface area (TPSA) is 127 Å². The minimum absolute atomic E-state index is 0.0448. The van der Waals surface area contributed by atoms with Crippen molar-refractivity contribution in [2.75, 3.05) is 6.61 Å². The Bertz CT molecular complexity index is 1280. The van der Waals surface area contributed by atoms with Gasteiger partial charge < -0.3 is 19.7 Å². The summed E-state index contributed by atoms with van der Waals surface area (Å²) >= 11 is 0. The number of benzene rings is 3. The number of hydrogen-bond acceptors (Lipinski definition) is 6. The third-order valence-electron chi connectivity index (χ3n) is 6.67. The number of carbonyl (C=O) groups excluding carboxylic acids is 2. The number of carbonyl (C=O) groups is 4. The zero-order valence-corrected chi connectivity index (χ0v) is 18.8. The summed E-state index contributed by atoms with van der Waals surface area (Å²) in [7, 11) is 0. The Hall–Kier alpha value is -4.20. The Kier molecular flexibility index (Phi) is 6.82. The second-order valence-electron chi connectivity index (χ2n) is 8.70. The van der Waals surface area contributed by atoms with Crippen LogP contribution >= 0.6 is 0 Å². The van der Waals surface area contributed by atoms with Crippen molar-refractivity contribution in [3.8, 4) is 11.1 Å². The van der Waals surface area contributed by atoms with E-state index in [0.717, 1.165) is 33.0 Å². The van der Waals surface area contributed by atoms with Crippen molar-refractivity contribution in [3.05, 3.63) is 71.8 Å². The first-order valence-electron chi connectivity index (χ1n) is 11.1. The summed E-state index contributed by atoms with van der Waals surface area (Å²) < 4.78 is 10.1. The number of aliphatic carboxylic acids is 2. The van der Waals surface area contributed by atoms with Crippen molar-refractivity contribution >= 4 is 35.7 Å². The molecule has 3 unspecified atom stereocenters. The van der Waals surface area contributed by atoms with E-state index >= 15 is 0 Å². The summed E-state index contributed by atoms with van der Waals surface area (Å²) in [5.74, 6) is -3.65. The lowest BCUT2D eigenvalue weighted by molar-refractivity contribution is -0.149. The standard InChI is InChI=1S/C27H24O8/c28-15-34-14-20(35-16-29)13-27(12-19(26(32)33)11-25(30)31)23-8-4-3-7-21(23)22-9-17-5-1-2-6-18(17)10-24(22)27/h1-10,15-16,19-20H,11-14H2,(H,30,31)(H,32,33). The molecule has 8 nitrogen and oxygen atoms in total. The minimum Gasteiger partial charge on any atom is -0.481 e. The number of rotatable bonds is 12. The smallest absolute Gasteiger partial charge is 0.307 e. The molecule has 0 aliphatic heterocycles. The highest BCUT2D eigenvalue weighted by Gasteiger charge is 2.48. The van der Waals surface area contributed by atoms with E-state index in [1.165, 1.54) is 0 Å². The van der Waals surface area contributed by atoms with Gasteiger partial charge in [0.1, 0.15) is 12.7 Å². The molecular formula is C27H24O8. The van der Waals surface area contributed by atoms with E-state index in [9.17, 15) is 29.4 Å². The molecular weight excluding hydrogens is 452 g/mol. The lowest BCUT2D eigenvalue weighted by Gasteiger charge is -2.36. The quantitative estimate of drug-likeness (QED) is 0.378. The van der Waals surface area contributed by atoms with E-state index in [0.29, 0.717) is 0 Å². The Balaban J connectivity index is 1.96. The van der Waals surface area contributed by atoms with Crippen LogP contribution in [-0.4, -0.2) is 47.8 Å². The number of fused-ring (bicyclic) bond motifs is 4. The van der Waals surface area contributed by atoms with Crippen LogP contribution in [0.1, 0.15) is 30.4 Å². The Morgan fingerprint density at radius 1 is 0.857 bits per heavy atom. The van der Waals surface area contributed by atoms with Gasteiger partial charge in [-0.3, -0.25) is 19.2 Å². The Labute approximate surface area is 201 Å². The fourth-order valence-electron chi connectivity index (χ4n) is 5.30. The van der Waals surface area contributed by atoms with Crippen molar-refractivity contribution < 1.29 is 38.9 Å². The SMILES string of the molecule is O=COCC(CC1(CC(CC(=O)O)C(=O)O)c2ccccc2-c2cc3ccccc3cc21)OC=O. The molecule has 180 valence electrons. The molecule has 0 amide bonds. The van der Waals surface area contributed by atoms with Gasteiger partial charge in [-0.25, -0.2) is 0 Å². The van der Waals surface area contributed by atoms with Gasteiger partial charge in [-0.05, 0) is 51.6 Å². The van der Waals surface area contributed by atoms with Gasteiger partial charge in [0.05, 0.1) is 12.3 Å². The summed E-state index contributed by atoms with van der Waals surface area (Å²) in [5, 5.41) is 21.3. The molecule has 3 aromatic carbocycles. The molecule has 0 aromatic heterocycles. The lowest BCUT2D eigenvalue weighted by atomic mass is 9.67. The van der Waals surface area contributed by atoms with E-state index < -0.39 is 35.8 Å². The molecule has 0 saturated heterocycles. The number of ether oxygens (including phenoxy) is 2. The average Bonchev–Trinajstić information content (AvgIpc) is 3.09. The van der Waals surface area contributed by atoms with E-state index in [1.807, 2.05) is 60.7 Å². The van der Waals surface area contributed by atoms with Crippen molar-refractivity contribution in [1.82, 2.24) is 0 Å². The van der Waals surface area contributed by atoms with Gasteiger partial charge in [0.2, 0.25) is 0 Å².